The summed E-state index contributed by atoms with van der Waals surface area (Å²) >= 11 is 5.27. The molecular weight excluding hydrogens is 386 g/mol. The summed E-state index contributed by atoms with van der Waals surface area (Å²) in [7, 11) is 0. The molecule has 2 aromatic rings. The molecule has 2 amide bonds. The van der Waals surface area contributed by atoms with Crippen molar-refractivity contribution in [3.8, 4) is 5.75 Å². The molecule has 7 heteroatoms. The number of amides is 2. The first-order valence-corrected chi connectivity index (χ1v) is 10.2. The number of benzene rings is 2. The number of hydrogen-bond donors (Lipinski definition) is 3. The lowest BCUT2D eigenvalue weighted by Gasteiger charge is -2.14. The average molecular weight is 414 g/mol. The zero-order valence-electron chi connectivity index (χ0n) is 16.8. The Morgan fingerprint density at radius 1 is 0.931 bits per heavy atom. The summed E-state index contributed by atoms with van der Waals surface area (Å²) in [5.41, 5.74) is 1.38. The van der Waals surface area contributed by atoms with Crippen LogP contribution in [0.5, 0.6) is 5.75 Å². The van der Waals surface area contributed by atoms with E-state index < -0.39 is 0 Å². The Morgan fingerprint density at radius 3 is 2.34 bits per heavy atom. The number of thiocarbonyl (C=S) groups is 1. The molecule has 0 saturated heterocycles. The van der Waals surface area contributed by atoms with Crippen LogP contribution in [-0.2, 0) is 0 Å². The lowest BCUT2D eigenvalue weighted by molar-refractivity contribution is 0.0954. The van der Waals surface area contributed by atoms with Crippen molar-refractivity contribution >= 4 is 34.8 Å². The molecule has 0 bridgehead atoms. The molecule has 0 atom stereocenters. The van der Waals surface area contributed by atoms with Crippen LogP contribution in [0.2, 0.25) is 0 Å². The first kappa shape index (κ1) is 22.4. The van der Waals surface area contributed by atoms with Crippen molar-refractivity contribution in [2.45, 2.75) is 33.1 Å². The molecule has 0 aliphatic rings. The Balaban J connectivity index is 2.04. The molecular formula is C22H27N3O3S. The van der Waals surface area contributed by atoms with Crippen LogP contribution >= 0.6 is 12.2 Å². The zero-order chi connectivity index (χ0) is 21.1. The fraction of sp³-hybridized carbons (Fsp3) is 0.318. The van der Waals surface area contributed by atoms with Gasteiger partial charge in [-0.25, -0.2) is 0 Å². The van der Waals surface area contributed by atoms with E-state index in [9.17, 15) is 9.59 Å². The number of anilines is 1. The van der Waals surface area contributed by atoms with Gasteiger partial charge in [0, 0.05) is 6.54 Å². The number of carbonyl (C=O) groups excluding carboxylic acids is 2. The monoisotopic (exact) mass is 413 g/mol. The molecule has 0 saturated carbocycles. The largest absolute Gasteiger partial charge is 0.493 e. The van der Waals surface area contributed by atoms with Crippen LogP contribution in [0.15, 0.2) is 48.5 Å². The number of unbranched alkanes of at least 4 members (excludes halogenated alkanes) is 2. The van der Waals surface area contributed by atoms with Gasteiger partial charge in [-0.15, -0.1) is 0 Å². The molecule has 0 unspecified atom stereocenters. The van der Waals surface area contributed by atoms with Crippen LogP contribution in [0.1, 0.15) is 53.8 Å². The Morgan fingerprint density at radius 2 is 1.62 bits per heavy atom. The minimum atomic E-state index is -0.371. The van der Waals surface area contributed by atoms with Crippen molar-refractivity contribution in [2.24, 2.45) is 0 Å². The number of para-hydroxylation sites is 2. The van der Waals surface area contributed by atoms with E-state index in [4.69, 9.17) is 17.0 Å². The SMILES string of the molecule is CCCCCOc1ccccc1C(=O)NC(=S)Nc1ccccc1C(=O)NCC. The molecule has 0 heterocycles. The summed E-state index contributed by atoms with van der Waals surface area (Å²) in [5, 5.41) is 8.44. The van der Waals surface area contributed by atoms with E-state index in [0.717, 1.165) is 19.3 Å². The molecule has 0 spiro atoms. The Hall–Kier alpha value is -2.93. The summed E-state index contributed by atoms with van der Waals surface area (Å²) in [6, 6.07) is 14.0. The summed E-state index contributed by atoms with van der Waals surface area (Å²) < 4.78 is 5.76. The van der Waals surface area contributed by atoms with Gasteiger partial charge in [-0.05, 0) is 49.8 Å². The molecule has 6 nitrogen and oxygen atoms in total. The second kappa shape index (κ2) is 11.8. The van der Waals surface area contributed by atoms with Gasteiger partial charge in [0.25, 0.3) is 11.8 Å². The van der Waals surface area contributed by atoms with Crippen molar-refractivity contribution in [3.63, 3.8) is 0 Å². The van der Waals surface area contributed by atoms with Crippen molar-refractivity contribution in [3.05, 3.63) is 59.7 Å². The van der Waals surface area contributed by atoms with Crippen LogP contribution in [0, 0.1) is 0 Å². The van der Waals surface area contributed by atoms with Gasteiger partial charge < -0.3 is 15.4 Å². The van der Waals surface area contributed by atoms with Gasteiger partial charge in [0.05, 0.1) is 23.4 Å². The highest BCUT2D eigenvalue weighted by Gasteiger charge is 2.15. The van der Waals surface area contributed by atoms with Crippen molar-refractivity contribution in [1.29, 1.82) is 0 Å². The Bertz CT molecular complexity index is 855. The van der Waals surface area contributed by atoms with E-state index in [-0.39, 0.29) is 16.9 Å². The first-order chi connectivity index (χ1) is 14.1. The quantitative estimate of drug-likeness (QED) is 0.425. The molecule has 154 valence electrons. The van der Waals surface area contributed by atoms with E-state index in [1.165, 1.54) is 0 Å². The number of rotatable bonds is 9. The maximum atomic E-state index is 12.7. The Kier molecular flexibility index (Phi) is 9.11. The van der Waals surface area contributed by atoms with E-state index >= 15 is 0 Å². The Labute approximate surface area is 177 Å². The minimum Gasteiger partial charge on any atom is -0.493 e. The molecule has 29 heavy (non-hydrogen) atoms. The van der Waals surface area contributed by atoms with Gasteiger partial charge in [0.15, 0.2) is 5.11 Å². The van der Waals surface area contributed by atoms with Gasteiger partial charge in [0.2, 0.25) is 0 Å². The van der Waals surface area contributed by atoms with E-state index in [2.05, 4.69) is 22.9 Å². The zero-order valence-corrected chi connectivity index (χ0v) is 17.6. The molecule has 0 aliphatic carbocycles. The van der Waals surface area contributed by atoms with Crippen LogP contribution < -0.4 is 20.7 Å². The summed E-state index contributed by atoms with van der Waals surface area (Å²) in [5.74, 6) is -0.0636. The highest BCUT2D eigenvalue weighted by molar-refractivity contribution is 7.80. The molecule has 0 aromatic heterocycles. The maximum Gasteiger partial charge on any atom is 0.261 e. The first-order valence-electron chi connectivity index (χ1n) is 9.78. The van der Waals surface area contributed by atoms with E-state index in [1.807, 2.05) is 13.0 Å². The topological polar surface area (TPSA) is 79.5 Å². The fourth-order valence-electron chi connectivity index (χ4n) is 2.68. The average Bonchev–Trinajstić information content (AvgIpc) is 2.72. The number of carbonyl (C=O) groups is 2. The third-order valence-electron chi connectivity index (χ3n) is 4.12. The predicted molar refractivity (Wildman–Crippen MR) is 120 cm³/mol. The second-order valence-corrected chi connectivity index (χ2v) is 6.77. The standard InChI is InChI=1S/C22H27N3O3S/c1-3-5-10-15-28-19-14-9-7-12-17(19)21(27)25-22(29)24-18-13-8-6-11-16(18)20(26)23-4-2/h6-9,11-14H,3-5,10,15H2,1-2H3,(H,23,26)(H2,24,25,27,29). The van der Waals surface area contributed by atoms with Gasteiger partial charge in [-0.1, -0.05) is 44.0 Å². The maximum absolute atomic E-state index is 12.7. The number of hydrogen-bond acceptors (Lipinski definition) is 4. The van der Waals surface area contributed by atoms with Crippen LogP contribution in [0.4, 0.5) is 5.69 Å². The van der Waals surface area contributed by atoms with Crippen molar-refractivity contribution in [2.75, 3.05) is 18.5 Å². The molecule has 0 fully saturated rings. The van der Waals surface area contributed by atoms with E-state index in [1.54, 1.807) is 42.5 Å². The van der Waals surface area contributed by atoms with Crippen LogP contribution in [0.3, 0.4) is 0 Å². The van der Waals surface area contributed by atoms with Crippen LogP contribution in [0.25, 0.3) is 0 Å². The predicted octanol–water partition coefficient (Wildman–Crippen LogP) is 4.13. The lowest BCUT2D eigenvalue weighted by atomic mass is 10.1. The van der Waals surface area contributed by atoms with Gasteiger partial charge in [-0.3, -0.25) is 14.9 Å². The lowest BCUT2D eigenvalue weighted by Crippen LogP contribution is -2.35. The molecule has 2 aromatic carbocycles. The minimum absolute atomic E-state index is 0.104. The molecule has 3 N–H and O–H groups in total. The fourth-order valence-corrected chi connectivity index (χ4v) is 2.89. The third kappa shape index (κ3) is 6.87. The summed E-state index contributed by atoms with van der Waals surface area (Å²) in [6.07, 6.45) is 3.11. The van der Waals surface area contributed by atoms with Crippen molar-refractivity contribution < 1.29 is 14.3 Å². The smallest absolute Gasteiger partial charge is 0.261 e. The van der Waals surface area contributed by atoms with Crippen LogP contribution in [-0.4, -0.2) is 30.1 Å². The van der Waals surface area contributed by atoms with Gasteiger partial charge in [-0.2, -0.15) is 0 Å². The highest BCUT2D eigenvalue weighted by atomic mass is 32.1. The van der Waals surface area contributed by atoms with Gasteiger partial charge >= 0.3 is 0 Å². The molecule has 0 radical (unpaired) electrons. The normalized spacial score (nSPS) is 10.1. The van der Waals surface area contributed by atoms with Crippen molar-refractivity contribution in [1.82, 2.24) is 10.6 Å². The summed E-state index contributed by atoms with van der Waals surface area (Å²) in [4.78, 5) is 24.9. The van der Waals surface area contributed by atoms with Gasteiger partial charge in [0.1, 0.15) is 5.75 Å². The molecule has 2 rings (SSSR count). The van der Waals surface area contributed by atoms with E-state index in [0.29, 0.717) is 35.7 Å². The number of nitrogens with one attached hydrogen (secondary N) is 3. The number of ether oxygens (including phenoxy) is 1. The second-order valence-electron chi connectivity index (χ2n) is 6.37. The highest BCUT2D eigenvalue weighted by Crippen LogP contribution is 2.19. The summed E-state index contributed by atoms with van der Waals surface area (Å²) in [6.45, 7) is 5.05. The molecule has 0 aliphatic heterocycles. The third-order valence-corrected chi connectivity index (χ3v) is 4.33.